The molecule has 0 saturated carbocycles. The number of carboxylic acids is 1. The number of hydrogen-bond donors (Lipinski definition) is 2. The number of nitrogens with two attached hydrogens (primary N) is 1. The highest BCUT2D eigenvalue weighted by molar-refractivity contribution is 5.96. The Bertz CT molecular complexity index is 644. The molecule has 0 heterocycles. The van der Waals surface area contributed by atoms with Crippen LogP contribution in [0, 0.1) is 5.82 Å². The van der Waals surface area contributed by atoms with E-state index in [1.54, 1.807) is 35.2 Å². The van der Waals surface area contributed by atoms with Gasteiger partial charge in [0.05, 0.1) is 16.9 Å². The van der Waals surface area contributed by atoms with E-state index in [0.717, 1.165) is 0 Å². The van der Waals surface area contributed by atoms with Crippen molar-refractivity contribution in [2.24, 2.45) is 0 Å². The van der Waals surface area contributed by atoms with E-state index in [1.165, 1.54) is 12.1 Å². The van der Waals surface area contributed by atoms with E-state index in [0.29, 0.717) is 23.6 Å². The Hall–Kier alpha value is -2.56. The van der Waals surface area contributed by atoms with Crippen molar-refractivity contribution in [3.05, 3.63) is 53.8 Å². The summed E-state index contributed by atoms with van der Waals surface area (Å²) in [6.45, 7) is 2.26. The van der Waals surface area contributed by atoms with Gasteiger partial charge >= 0.3 is 5.97 Å². The van der Waals surface area contributed by atoms with Gasteiger partial charge in [0.15, 0.2) is 0 Å². The van der Waals surface area contributed by atoms with E-state index in [2.05, 4.69) is 0 Å². The summed E-state index contributed by atoms with van der Waals surface area (Å²) in [7, 11) is 0. The van der Waals surface area contributed by atoms with Crippen LogP contribution in [-0.4, -0.2) is 17.6 Å². The maximum absolute atomic E-state index is 13.9. The molecule has 0 aliphatic heterocycles. The summed E-state index contributed by atoms with van der Waals surface area (Å²) < 4.78 is 13.9. The van der Waals surface area contributed by atoms with Crippen LogP contribution in [0.2, 0.25) is 0 Å². The summed E-state index contributed by atoms with van der Waals surface area (Å²) in [6, 6.07) is 10.8. The minimum atomic E-state index is -1.10. The first-order valence-electron chi connectivity index (χ1n) is 6.19. The summed E-state index contributed by atoms with van der Waals surface area (Å²) in [6.07, 6.45) is 0. The number of benzene rings is 2. The quantitative estimate of drug-likeness (QED) is 0.840. The minimum Gasteiger partial charge on any atom is -0.478 e. The van der Waals surface area contributed by atoms with Crippen LogP contribution < -0.4 is 10.6 Å². The first-order chi connectivity index (χ1) is 9.54. The molecule has 2 rings (SSSR count). The number of para-hydroxylation sites is 1. The maximum atomic E-state index is 13.9. The van der Waals surface area contributed by atoms with E-state index in [1.807, 2.05) is 6.92 Å². The van der Waals surface area contributed by atoms with Crippen LogP contribution in [0.4, 0.5) is 21.5 Å². The lowest BCUT2D eigenvalue weighted by molar-refractivity contribution is 0.0697. The number of anilines is 3. The van der Waals surface area contributed by atoms with Gasteiger partial charge in [0.25, 0.3) is 0 Å². The van der Waals surface area contributed by atoms with Crippen molar-refractivity contribution >= 4 is 23.0 Å². The van der Waals surface area contributed by atoms with Gasteiger partial charge in [-0.25, -0.2) is 9.18 Å². The van der Waals surface area contributed by atoms with Gasteiger partial charge in [-0.3, -0.25) is 0 Å². The van der Waals surface area contributed by atoms with Crippen LogP contribution in [0.1, 0.15) is 17.3 Å². The van der Waals surface area contributed by atoms with Crippen LogP contribution in [0.3, 0.4) is 0 Å². The minimum absolute atomic E-state index is 0.0510. The third kappa shape index (κ3) is 2.56. The summed E-state index contributed by atoms with van der Waals surface area (Å²) in [4.78, 5) is 12.9. The largest absolute Gasteiger partial charge is 0.478 e. The van der Waals surface area contributed by atoms with E-state index in [4.69, 9.17) is 5.73 Å². The maximum Gasteiger partial charge on any atom is 0.337 e. The normalized spacial score (nSPS) is 10.3. The molecule has 20 heavy (non-hydrogen) atoms. The van der Waals surface area contributed by atoms with Gasteiger partial charge < -0.3 is 15.7 Å². The van der Waals surface area contributed by atoms with Gasteiger partial charge in [0, 0.05) is 12.2 Å². The van der Waals surface area contributed by atoms with Crippen molar-refractivity contribution in [1.82, 2.24) is 0 Å². The lowest BCUT2D eigenvalue weighted by Crippen LogP contribution is -2.20. The van der Waals surface area contributed by atoms with Gasteiger partial charge in [-0.1, -0.05) is 12.1 Å². The first-order valence-corrected chi connectivity index (χ1v) is 6.19. The fraction of sp³-hybridized carbons (Fsp3) is 0.133. The highest BCUT2D eigenvalue weighted by Crippen LogP contribution is 2.31. The van der Waals surface area contributed by atoms with Crippen molar-refractivity contribution in [2.75, 3.05) is 17.2 Å². The number of hydrogen-bond acceptors (Lipinski definition) is 3. The third-order valence-electron chi connectivity index (χ3n) is 3.00. The lowest BCUT2D eigenvalue weighted by atomic mass is 10.1. The summed E-state index contributed by atoms with van der Waals surface area (Å²) >= 11 is 0. The molecule has 0 aromatic heterocycles. The van der Waals surface area contributed by atoms with Crippen LogP contribution in [0.25, 0.3) is 0 Å². The van der Waals surface area contributed by atoms with Crippen molar-refractivity contribution in [1.29, 1.82) is 0 Å². The zero-order valence-electron chi connectivity index (χ0n) is 11.0. The Kier molecular flexibility index (Phi) is 3.89. The van der Waals surface area contributed by atoms with Crippen molar-refractivity contribution < 1.29 is 14.3 Å². The van der Waals surface area contributed by atoms with E-state index < -0.39 is 11.8 Å². The summed E-state index contributed by atoms with van der Waals surface area (Å²) in [5, 5.41) is 9.27. The Morgan fingerprint density at radius 3 is 2.55 bits per heavy atom. The molecule has 4 nitrogen and oxygen atoms in total. The lowest BCUT2D eigenvalue weighted by Gasteiger charge is -2.25. The molecule has 0 fully saturated rings. The summed E-state index contributed by atoms with van der Waals surface area (Å²) in [5.41, 5.74) is 6.78. The Labute approximate surface area is 116 Å². The molecule has 5 heteroatoms. The molecule has 2 aromatic carbocycles. The van der Waals surface area contributed by atoms with E-state index >= 15 is 0 Å². The monoisotopic (exact) mass is 274 g/mol. The number of halogens is 1. The van der Waals surface area contributed by atoms with Crippen molar-refractivity contribution in [3.63, 3.8) is 0 Å². The zero-order chi connectivity index (χ0) is 14.7. The zero-order valence-corrected chi connectivity index (χ0v) is 11.0. The van der Waals surface area contributed by atoms with Crippen LogP contribution in [0.5, 0.6) is 0 Å². The van der Waals surface area contributed by atoms with Gasteiger partial charge in [0.2, 0.25) is 0 Å². The molecule has 0 spiro atoms. The predicted octanol–water partition coefficient (Wildman–Crippen LogP) is 3.26. The van der Waals surface area contributed by atoms with E-state index in [-0.39, 0.29) is 5.56 Å². The van der Waals surface area contributed by atoms with Crippen molar-refractivity contribution in [2.45, 2.75) is 6.92 Å². The van der Waals surface area contributed by atoms with Gasteiger partial charge in [-0.05, 0) is 37.3 Å². The average molecular weight is 274 g/mol. The number of nitrogen functional groups attached to an aromatic ring is 1. The SMILES string of the molecule is CCN(c1ccccc1F)c1ccc(N)cc1C(=O)O. The molecule has 2 aromatic rings. The molecular weight excluding hydrogens is 259 g/mol. The molecule has 104 valence electrons. The van der Waals surface area contributed by atoms with Gasteiger partial charge in [0.1, 0.15) is 5.82 Å². The molecule has 0 radical (unpaired) electrons. The fourth-order valence-corrected chi connectivity index (χ4v) is 2.10. The highest BCUT2D eigenvalue weighted by Gasteiger charge is 2.18. The number of carbonyl (C=O) groups is 1. The second kappa shape index (κ2) is 5.61. The first kappa shape index (κ1) is 13.9. The van der Waals surface area contributed by atoms with Crippen LogP contribution in [0.15, 0.2) is 42.5 Å². The average Bonchev–Trinajstić information content (AvgIpc) is 2.42. The predicted molar refractivity (Wildman–Crippen MR) is 76.9 cm³/mol. The van der Waals surface area contributed by atoms with Gasteiger partial charge in [-0.15, -0.1) is 0 Å². The van der Waals surface area contributed by atoms with Crippen LogP contribution in [-0.2, 0) is 0 Å². The molecule has 0 bridgehead atoms. The Morgan fingerprint density at radius 1 is 1.25 bits per heavy atom. The molecule has 3 N–H and O–H groups in total. The summed E-state index contributed by atoms with van der Waals surface area (Å²) in [5.74, 6) is -1.50. The Morgan fingerprint density at radius 2 is 1.95 bits per heavy atom. The molecule has 0 saturated heterocycles. The molecular formula is C15H15FN2O2. The number of carboxylic acid groups (broad SMARTS) is 1. The molecule has 0 atom stereocenters. The number of rotatable bonds is 4. The Balaban J connectivity index is 2.58. The molecule has 0 aliphatic carbocycles. The third-order valence-corrected chi connectivity index (χ3v) is 3.00. The standard InChI is InChI=1S/C15H15FN2O2/c1-2-18(14-6-4-3-5-12(14)16)13-8-7-10(17)9-11(13)15(19)20/h3-9H,2,17H2,1H3,(H,19,20). The number of aromatic carboxylic acids is 1. The van der Waals surface area contributed by atoms with Crippen molar-refractivity contribution in [3.8, 4) is 0 Å². The second-order valence-electron chi connectivity index (χ2n) is 4.28. The smallest absolute Gasteiger partial charge is 0.337 e. The number of nitrogens with zero attached hydrogens (tertiary/aromatic N) is 1. The molecule has 0 aliphatic rings. The highest BCUT2D eigenvalue weighted by atomic mass is 19.1. The second-order valence-corrected chi connectivity index (χ2v) is 4.28. The molecule has 0 amide bonds. The fourth-order valence-electron chi connectivity index (χ4n) is 2.10. The topological polar surface area (TPSA) is 66.6 Å². The van der Waals surface area contributed by atoms with E-state index in [9.17, 15) is 14.3 Å². The molecule has 0 unspecified atom stereocenters. The van der Waals surface area contributed by atoms with Crippen LogP contribution >= 0.6 is 0 Å². The van der Waals surface area contributed by atoms with Gasteiger partial charge in [-0.2, -0.15) is 0 Å².